The fourth-order valence-corrected chi connectivity index (χ4v) is 5.96. The number of nitrogens with one attached hydrogen (secondary N) is 1. The number of benzene rings is 2. The van der Waals surface area contributed by atoms with Gasteiger partial charge in [-0.1, -0.05) is 42.5 Å². The van der Waals surface area contributed by atoms with Gasteiger partial charge in [0.2, 0.25) is 17.7 Å². The summed E-state index contributed by atoms with van der Waals surface area (Å²) in [5.74, 6) is -5.51. The molecule has 2 N–H and O–H groups in total. The number of imide groups is 1. The average molecular weight is 600 g/mol. The first-order valence-corrected chi connectivity index (χ1v) is 13.0. The van der Waals surface area contributed by atoms with Crippen LogP contribution in [0.4, 0.5) is 26.3 Å². The molecule has 0 saturated carbocycles. The van der Waals surface area contributed by atoms with E-state index in [1.165, 1.54) is 17.0 Å². The first-order chi connectivity index (χ1) is 19.6. The van der Waals surface area contributed by atoms with Gasteiger partial charge in [0, 0.05) is 25.7 Å². The summed E-state index contributed by atoms with van der Waals surface area (Å²) < 4.78 is 71.1. The predicted octanol–water partition coefficient (Wildman–Crippen LogP) is 4.17. The molecule has 5 rings (SSSR count). The number of aliphatic carboxylic acids is 1. The molecule has 2 aromatic rings. The van der Waals surface area contributed by atoms with Gasteiger partial charge in [-0.2, -0.15) is 26.3 Å². The van der Waals surface area contributed by atoms with Crippen LogP contribution in [0.25, 0.3) is 0 Å². The van der Waals surface area contributed by atoms with Crippen molar-refractivity contribution in [1.29, 1.82) is 0 Å². The Morgan fingerprint density at radius 3 is 2.10 bits per heavy atom. The number of nitrogens with zero attached hydrogens (tertiary/aromatic N) is 2. The molecular weight excluding hydrogens is 572 g/mol. The third-order valence-electron chi connectivity index (χ3n) is 7.79. The van der Waals surface area contributed by atoms with Crippen LogP contribution in [0.2, 0.25) is 0 Å². The Hall–Kier alpha value is -3.94. The fourth-order valence-electron chi connectivity index (χ4n) is 5.96. The molecular formula is C28H27F6N3O5. The lowest BCUT2D eigenvalue weighted by Crippen LogP contribution is -2.63. The quantitative estimate of drug-likeness (QED) is 0.404. The van der Waals surface area contributed by atoms with Gasteiger partial charge >= 0.3 is 18.3 Å². The molecule has 3 aliphatic heterocycles. The van der Waals surface area contributed by atoms with Crippen molar-refractivity contribution in [3.63, 3.8) is 0 Å². The molecule has 3 aliphatic rings. The second kappa shape index (κ2) is 11.4. The van der Waals surface area contributed by atoms with E-state index in [0.29, 0.717) is 31.5 Å². The van der Waals surface area contributed by atoms with Crippen LogP contribution in [0.15, 0.2) is 54.6 Å². The molecule has 3 fully saturated rings. The number of hydrogen-bond donors (Lipinski definition) is 2. The van der Waals surface area contributed by atoms with E-state index in [4.69, 9.17) is 9.90 Å². The third kappa shape index (κ3) is 5.72. The second-order valence-electron chi connectivity index (χ2n) is 10.3. The average Bonchev–Trinajstić information content (AvgIpc) is 3.40. The minimum absolute atomic E-state index is 0.183. The normalized spacial score (nSPS) is 25.9. The molecule has 3 heterocycles. The van der Waals surface area contributed by atoms with E-state index in [-0.39, 0.29) is 24.3 Å². The number of carbonyl (C=O) groups excluding carboxylic acids is 3. The highest BCUT2D eigenvalue weighted by molar-refractivity contribution is 6.10. The van der Waals surface area contributed by atoms with Crippen molar-refractivity contribution < 1.29 is 50.6 Å². The second-order valence-corrected chi connectivity index (χ2v) is 10.3. The number of likely N-dealkylation sites (tertiary alicyclic amines) is 2. The Morgan fingerprint density at radius 1 is 0.976 bits per heavy atom. The Balaban J connectivity index is 0.000000517. The molecule has 42 heavy (non-hydrogen) atoms. The highest BCUT2D eigenvalue weighted by atomic mass is 19.4. The van der Waals surface area contributed by atoms with Crippen LogP contribution in [0.1, 0.15) is 42.5 Å². The maximum atomic E-state index is 13.9. The van der Waals surface area contributed by atoms with Gasteiger partial charge in [-0.15, -0.1) is 0 Å². The predicted molar refractivity (Wildman–Crippen MR) is 134 cm³/mol. The summed E-state index contributed by atoms with van der Waals surface area (Å²) in [6.45, 7) is 2.79. The summed E-state index contributed by atoms with van der Waals surface area (Å²) in [6.07, 6.45) is -8.55. The van der Waals surface area contributed by atoms with E-state index in [1.54, 1.807) is 11.8 Å². The van der Waals surface area contributed by atoms with Crippen molar-refractivity contribution in [1.82, 2.24) is 15.1 Å². The van der Waals surface area contributed by atoms with Gasteiger partial charge in [0.05, 0.1) is 17.4 Å². The number of rotatable bonds is 4. The van der Waals surface area contributed by atoms with Gasteiger partial charge in [0.25, 0.3) is 0 Å². The molecule has 3 amide bonds. The molecule has 14 heteroatoms. The van der Waals surface area contributed by atoms with Gasteiger partial charge in [-0.3, -0.25) is 24.6 Å². The fraction of sp³-hybridized carbons (Fsp3) is 0.429. The van der Waals surface area contributed by atoms with Crippen LogP contribution in [0, 0.1) is 11.8 Å². The van der Waals surface area contributed by atoms with E-state index >= 15 is 0 Å². The van der Waals surface area contributed by atoms with E-state index in [2.05, 4.69) is 5.32 Å². The zero-order valence-corrected chi connectivity index (χ0v) is 22.2. The van der Waals surface area contributed by atoms with Crippen LogP contribution in [-0.2, 0) is 31.9 Å². The number of carbonyl (C=O) groups is 4. The molecule has 0 aromatic heterocycles. The van der Waals surface area contributed by atoms with Gasteiger partial charge in [0.1, 0.15) is 5.54 Å². The van der Waals surface area contributed by atoms with E-state index in [0.717, 1.165) is 17.7 Å². The Bertz CT molecular complexity index is 1350. The molecule has 226 valence electrons. The van der Waals surface area contributed by atoms with Crippen LogP contribution in [-0.4, -0.2) is 63.4 Å². The van der Waals surface area contributed by atoms with Crippen LogP contribution >= 0.6 is 0 Å². The molecule has 0 aliphatic carbocycles. The maximum absolute atomic E-state index is 13.9. The molecule has 0 radical (unpaired) electrons. The lowest BCUT2D eigenvalue weighted by atomic mass is 9.74. The minimum Gasteiger partial charge on any atom is -0.475 e. The van der Waals surface area contributed by atoms with Crippen LogP contribution < -0.4 is 5.32 Å². The number of hydrogen-bond acceptors (Lipinski definition) is 5. The summed E-state index contributed by atoms with van der Waals surface area (Å²) >= 11 is 0. The number of piperidine rings is 1. The Morgan fingerprint density at radius 2 is 1.57 bits per heavy atom. The molecule has 0 unspecified atom stereocenters. The summed E-state index contributed by atoms with van der Waals surface area (Å²) in [5.41, 5.74) is -0.660. The van der Waals surface area contributed by atoms with E-state index in [9.17, 15) is 40.7 Å². The molecule has 8 nitrogen and oxygen atoms in total. The van der Waals surface area contributed by atoms with Crippen molar-refractivity contribution in [2.45, 2.75) is 50.2 Å². The summed E-state index contributed by atoms with van der Waals surface area (Å²) in [4.78, 5) is 52.5. The number of amides is 3. The van der Waals surface area contributed by atoms with Crippen LogP contribution in [0.5, 0.6) is 0 Å². The standard InChI is InChI=1S/C26H26F3N3O3.C2HF3O2/c1-2-32-22(33)19-20(23(32)34)25(30-21(19)17-9-11-18(12-10-17)26(27,28)29)13-6-14-31(24(25)35)15-16-7-4-3-5-8-16;3-2(4,5)1(6)7/h3-5,7-12,19-21,30H,2,6,13-15H2,1H3;(H,6,7)/t19-,20-,21-,25-;/m1./s1. The van der Waals surface area contributed by atoms with Gasteiger partial charge in [-0.25, -0.2) is 4.79 Å². The van der Waals surface area contributed by atoms with E-state index in [1.807, 2.05) is 30.3 Å². The highest BCUT2D eigenvalue weighted by Crippen LogP contribution is 2.52. The number of fused-ring (bicyclic) bond motifs is 2. The third-order valence-corrected chi connectivity index (χ3v) is 7.79. The van der Waals surface area contributed by atoms with Crippen molar-refractivity contribution in [2.75, 3.05) is 13.1 Å². The lowest BCUT2D eigenvalue weighted by molar-refractivity contribution is -0.192. The van der Waals surface area contributed by atoms with Gasteiger partial charge in [0.15, 0.2) is 0 Å². The van der Waals surface area contributed by atoms with Gasteiger partial charge < -0.3 is 10.0 Å². The van der Waals surface area contributed by atoms with E-state index < -0.39 is 47.3 Å². The summed E-state index contributed by atoms with van der Waals surface area (Å²) in [7, 11) is 0. The maximum Gasteiger partial charge on any atom is 0.490 e. The molecule has 0 bridgehead atoms. The zero-order valence-electron chi connectivity index (χ0n) is 22.2. The van der Waals surface area contributed by atoms with Crippen molar-refractivity contribution in [2.24, 2.45) is 11.8 Å². The first kappa shape index (κ1) is 31.0. The van der Waals surface area contributed by atoms with Gasteiger partial charge in [-0.05, 0) is 43.0 Å². The monoisotopic (exact) mass is 599 g/mol. The molecule has 1 spiro atoms. The smallest absolute Gasteiger partial charge is 0.475 e. The number of halogens is 6. The molecule has 3 saturated heterocycles. The number of alkyl halides is 6. The summed E-state index contributed by atoms with van der Waals surface area (Å²) in [6, 6.07) is 13.4. The lowest BCUT2D eigenvalue weighted by Gasteiger charge is -2.42. The first-order valence-electron chi connectivity index (χ1n) is 13.0. The zero-order chi connectivity index (χ0) is 31.0. The molecule has 4 atom stereocenters. The number of carboxylic acids is 1. The van der Waals surface area contributed by atoms with Crippen molar-refractivity contribution >= 4 is 23.7 Å². The van der Waals surface area contributed by atoms with Crippen LogP contribution in [0.3, 0.4) is 0 Å². The number of carboxylic acid groups (broad SMARTS) is 1. The Labute approximate surface area is 236 Å². The minimum atomic E-state index is -5.08. The van der Waals surface area contributed by atoms with Crippen molar-refractivity contribution in [3.8, 4) is 0 Å². The summed E-state index contributed by atoms with van der Waals surface area (Å²) in [5, 5.41) is 10.4. The topological polar surface area (TPSA) is 107 Å². The van der Waals surface area contributed by atoms with Crippen molar-refractivity contribution in [3.05, 3.63) is 71.3 Å². The largest absolute Gasteiger partial charge is 0.490 e. The highest BCUT2D eigenvalue weighted by Gasteiger charge is 2.68. The Kier molecular flexibility index (Phi) is 8.40. The SMILES string of the molecule is CCN1C(=O)[C@H]2[C@@H](c3ccc(C(F)(F)F)cc3)N[C@]3(CCCN(Cc4ccccc4)C3=O)[C@H]2C1=O.O=C(O)C(F)(F)F. The molecule has 2 aromatic carbocycles.